The summed E-state index contributed by atoms with van der Waals surface area (Å²) in [6.07, 6.45) is 4.61. The number of sulfone groups is 1. The number of ether oxygens (including phenoxy) is 1. The summed E-state index contributed by atoms with van der Waals surface area (Å²) in [5.74, 6) is 0.389. The minimum absolute atomic E-state index is 0.0886. The lowest BCUT2D eigenvalue weighted by Crippen LogP contribution is -2.26. The van der Waals surface area contributed by atoms with E-state index in [9.17, 15) is 13.2 Å². The Morgan fingerprint density at radius 1 is 0.975 bits per heavy atom. The van der Waals surface area contributed by atoms with E-state index in [-0.39, 0.29) is 35.1 Å². The molecule has 6 nitrogen and oxygen atoms in total. The van der Waals surface area contributed by atoms with Gasteiger partial charge in [-0.25, -0.2) is 12.8 Å². The third-order valence-electron chi connectivity index (χ3n) is 8.62. The number of anilines is 1. The number of hydrogen-bond acceptors (Lipinski definition) is 5. The summed E-state index contributed by atoms with van der Waals surface area (Å²) in [7, 11) is -2.88. The van der Waals surface area contributed by atoms with Crippen LogP contribution in [-0.4, -0.2) is 37.6 Å². The number of halogens is 1. The number of benzene rings is 3. The summed E-state index contributed by atoms with van der Waals surface area (Å²) >= 11 is 0. The number of rotatable bonds is 8. The molecule has 1 unspecified atom stereocenters. The van der Waals surface area contributed by atoms with E-state index in [1.54, 1.807) is 6.07 Å². The van der Waals surface area contributed by atoms with Gasteiger partial charge in [0, 0.05) is 17.8 Å². The maximum absolute atomic E-state index is 15.1. The van der Waals surface area contributed by atoms with E-state index in [1.807, 2.05) is 36.4 Å². The summed E-state index contributed by atoms with van der Waals surface area (Å²) in [6.45, 7) is 0.862. The maximum Gasteiger partial charge on any atom is 0.307 e. The topological polar surface area (TPSA) is 92.7 Å². The van der Waals surface area contributed by atoms with Crippen LogP contribution in [0.2, 0.25) is 0 Å². The average molecular weight is 564 g/mol. The zero-order chi connectivity index (χ0) is 27.9. The van der Waals surface area contributed by atoms with E-state index in [1.165, 1.54) is 5.56 Å². The molecule has 0 bridgehead atoms. The first kappa shape index (κ1) is 26.8. The number of carbonyl (C=O) groups is 1. The highest BCUT2D eigenvalue weighted by Gasteiger charge is 2.44. The Hall–Kier alpha value is -3.39. The van der Waals surface area contributed by atoms with Crippen LogP contribution in [0.15, 0.2) is 54.6 Å². The normalized spacial score (nSPS) is 21.5. The van der Waals surface area contributed by atoms with Crippen molar-refractivity contribution in [1.29, 1.82) is 0 Å². The van der Waals surface area contributed by atoms with E-state index in [0.717, 1.165) is 53.0 Å². The van der Waals surface area contributed by atoms with Gasteiger partial charge < -0.3 is 15.2 Å². The van der Waals surface area contributed by atoms with E-state index in [4.69, 9.17) is 9.84 Å². The molecule has 0 radical (unpaired) electrons. The highest BCUT2D eigenvalue weighted by atomic mass is 32.2. The molecule has 40 heavy (non-hydrogen) atoms. The largest absolute Gasteiger partial charge is 0.493 e. The molecule has 0 amide bonds. The molecule has 0 aromatic heterocycles. The highest BCUT2D eigenvalue weighted by Crippen LogP contribution is 2.47. The molecule has 2 N–H and O–H groups in total. The first-order valence-corrected chi connectivity index (χ1v) is 15.9. The number of carboxylic acids is 1. The molecule has 3 aromatic rings. The van der Waals surface area contributed by atoms with Crippen molar-refractivity contribution in [3.63, 3.8) is 0 Å². The summed E-state index contributed by atoms with van der Waals surface area (Å²) in [5.41, 5.74) is 6.84. The van der Waals surface area contributed by atoms with Crippen molar-refractivity contribution in [2.45, 2.75) is 51.0 Å². The van der Waals surface area contributed by atoms with E-state index < -0.39 is 15.8 Å². The van der Waals surface area contributed by atoms with E-state index >= 15 is 4.39 Å². The van der Waals surface area contributed by atoms with Crippen LogP contribution < -0.4 is 10.1 Å². The summed E-state index contributed by atoms with van der Waals surface area (Å²) in [4.78, 5) is 11.2. The van der Waals surface area contributed by atoms with E-state index in [2.05, 4.69) is 17.4 Å². The summed E-state index contributed by atoms with van der Waals surface area (Å²) in [6, 6.07) is 17.5. The van der Waals surface area contributed by atoms with Crippen LogP contribution in [0.4, 0.5) is 10.1 Å². The van der Waals surface area contributed by atoms with Crippen LogP contribution >= 0.6 is 0 Å². The van der Waals surface area contributed by atoms with Crippen LogP contribution in [0, 0.1) is 17.7 Å². The zero-order valence-corrected chi connectivity index (χ0v) is 23.2. The second-order valence-corrected chi connectivity index (χ2v) is 13.7. The van der Waals surface area contributed by atoms with Gasteiger partial charge in [-0.2, -0.15) is 0 Å². The van der Waals surface area contributed by atoms with Crippen molar-refractivity contribution in [3.8, 4) is 16.9 Å². The van der Waals surface area contributed by atoms with Crippen molar-refractivity contribution < 1.29 is 27.4 Å². The fourth-order valence-corrected chi connectivity index (χ4v) is 7.64. The molecule has 1 heterocycles. The molecule has 3 aromatic carbocycles. The quantitative estimate of drug-likeness (QED) is 0.350. The van der Waals surface area contributed by atoms with Crippen LogP contribution in [0.1, 0.15) is 53.9 Å². The number of aliphatic carboxylic acids is 1. The van der Waals surface area contributed by atoms with Crippen molar-refractivity contribution in [3.05, 3.63) is 82.7 Å². The number of hydrogen-bond donors (Lipinski definition) is 2. The number of carboxylic acid groups (broad SMARTS) is 1. The van der Waals surface area contributed by atoms with Crippen LogP contribution in [0.5, 0.6) is 5.75 Å². The minimum Gasteiger partial charge on any atom is -0.493 e. The molecule has 210 valence electrons. The third kappa shape index (κ3) is 5.87. The second-order valence-electron chi connectivity index (χ2n) is 11.4. The van der Waals surface area contributed by atoms with Gasteiger partial charge >= 0.3 is 5.97 Å². The van der Waals surface area contributed by atoms with Gasteiger partial charge in [-0.3, -0.25) is 4.79 Å². The van der Waals surface area contributed by atoms with Crippen LogP contribution in [-0.2, 0) is 34.0 Å². The lowest BCUT2D eigenvalue weighted by molar-refractivity contribution is -0.138. The maximum atomic E-state index is 15.1. The molecule has 2 fully saturated rings. The van der Waals surface area contributed by atoms with E-state index in [0.29, 0.717) is 38.0 Å². The standard InChI is InChI=1S/C32H34FNO5S/c33-31-16-23-3-1-2-22-14-26(39-19-20-10-12-40(37,38)13-11-20)8-9-27(22)28(23)15-24(31)18-34-25-6-4-21(5-7-25)29-17-30(29)32(35)36/h4-9,14-16,20,29-30,34H,1-3,10-13,17-19H2,(H,35,36)/t29?,30-/m0/s1. The van der Waals surface area contributed by atoms with Gasteiger partial charge in [0.15, 0.2) is 0 Å². The molecule has 3 aliphatic rings. The van der Waals surface area contributed by atoms with Crippen molar-refractivity contribution in [2.24, 2.45) is 11.8 Å². The molecule has 0 spiro atoms. The Labute approximate surface area is 234 Å². The Kier molecular flexibility index (Phi) is 7.29. The molecular weight excluding hydrogens is 529 g/mol. The fourth-order valence-electron chi connectivity index (χ4n) is 6.05. The number of aryl methyl sites for hydroxylation is 2. The Morgan fingerprint density at radius 2 is 1.70 bits per heavy atom. The molecule has 8 heteroatoms. The van der Waals surface area contributed by atoms with Crippen LogP contribution in [0.3, 0.4) is 0 Å². The number of fused-ring (bicyclic) bond motifs is 3. The van der Waals surface area contributed by atoms with Gasteiger partial charge in [-0.05, 0) is 115 Å². The summed E-state index contributed by atoms with van der Waals surface area (Å²) < 4.78 is 44.6. The van der Waals surface area contributed by atoms with Gasteiger partial charge in [-0.1, -0.05) is 18.2 Å². The van der Waals surface area contributed by atoms with Crippen molar-refractivity contribution in [1.82, 2.24) is 0 Å². The molecule has 2 atom stereocenters. The molecule has 6 rings (SSSR count). The Morgan fingerprint density at radius 3 is 2.40 bits per heavy atom. The van der Waals surface area contributed by atoms with Gasteiger partial charge in [0.1, 0.15) is 21.4 Å². The summed E-state index contributed by atoms with van der Waals surface area (Å²) in [5, 5.41) is 12.5. The molecule has 1 aliphatic heterocycles. The lowest BCUT2D eigenvalue weighted by atomic mass is 9.94. The Balaban J connectivity index is 1.14. The number of nitrogens with one attached hydrogen (secondary N) is 1. The fraction of sp³-hybridized carbons (Fsp3) is 0.406. The van der Waals surface area contributed by atoms with Crippen molar-refractivity contribution in [2.75, 3.05) is 23.4 Å². The SMILES string of the molecule is O=C(O)[C@H]1CC1c1ccc(NCc2cc3c(cc2F)CCCc2cc(OCC4CCS(=O)(=O)CC4)ccc2-3)cc1. The zero-order valence-electron chi connectivity index (χ0n) is 22.4. The minimum atomic E-state index is -2.88. The molecule has 1 saturated carbocycles. The third-order valence-corrected chi connectivity index (χ3v) is 10.3. The second kappa shape index (κ2) is 10.9. The monoisotopic (exact) mass is 563 g/mol. The van der Waals surface area contributed by atoms with Crippen LogP contribution in [0.25, 0.3) is 11.1 Å². The van der Waals surface area contributed by atoms with Gasteiger partial charge in [0.25, 0.3) is 0 Å². The van der Waals surface area contributed by atoms with Gasteiger partial charge in [0.2, 0.25) is 0 Å². The predicted octanol–water partition coefficient (Wildman–Crippen LogP) is 5.99. The molecule has 1 saturated heterocycles. The lowest BCUT2D eigenvalue weighted by Gasteiger charge is -2.22. The smallest absolute Gasteiger partial charge is 0.307 e. The Bertz CT molecular complexity index is 1520. The predicted molar refractivity (Wildman–Crippen MR) is 153 cm³/mol. The first-order valence-electron chi connectivity index (χ1n) is 14.1. The van der Waals surface area contributed by atoms with Gasteiger partial charge in [0.05, 0.1) is 24.0 Å². The van der Waals surface area contributed by atoms with Crippen molar-refractivity contribution >= 4 is 21.5 Å². The first-order chi connectivity index (χ1) is 19.3. The molecular formula is C32H34FNO5S. The average Bonchev–Trinajstić information content (AvgIpc) is 3.76. The molecule has 2 aliphatic carbocycles. The van der Waals surface area contributed by atoms with Gasteiger partial charge in [-0.15, -0.1) is 0 Å². The highest BCUT2D eigenvalue weighted by molar-refractivity contribution is 7.91.